The molecule has 94 valence electrons. The summed E-state index contributed by atoms with van der Waals surface area (Å²) in [4.78, 5) is 1.45. The van der Waals surface area contributed by atoms with Crippen molar-refractivity contribution < 1.29 is 0 Å². The number of benzene rings is 1. The van der Waals surface area contributed by atoms with Gasteiger partial charge in [-0.05, 0) is 29.5 Å². The lowest BCUT2D eigenvalue weighted by atomic mass is 10.0. The Bertz CT molecular complexity index is 708. The molecule has 1 aromatic carbocycles. The van der Waals surface area contributed by atoms with E-state index in [1.807, 2.05) is 11.3 Å². The lowest BCUT2D eigenvalue weighted by Gasteiger charge is -2.02. The molecule has 0 nitrogen and oxygen atoms in total. The van der Waals surface area contributed by atoms with Crippen molar-refractivity contribution in [1.29, 1.82) is 0 Å². The average molecular weight is 264 g/mol. The van der Waals surface area contributed by atoms with Crippen LogP contribution in [0.15, 0.2) is 66.3 Å². The molecule has 0 atom stereocenters. The monoisotopic (exact) mass is 264 g/mol. The molecule has 3 rings (SSSR count). The zero-order chi connectivity index (χ0) is 13.1. The highest BCUT2D eigenvalue weighted by atomic mass is 32.1. The highest BCUT2D eigenvalue weighted by Crippen LogP contribution is 2.34. The molecule has 0 bridgehead atoms. The van der Waals surface area contributed by atoms with E-state index < -0.39 is 0 Å². The van der Waals surface area contributed by atoms with E-state index in [2.05, 4.69) is 73.7 Å². The lowest BCUT2D eigenvalue weighted by Crippen LogP contribution is -1.87. The van der Waals surface area contributed by atoms with Gasteiger partial charge >= 0.3 is 0 Å². The molecule has 0 amide bonds. The predicted octanol–water partition coefficient (Wildman–Crippen LogP) is 5.53. The van der Waals surface area contributed by atoms with Crippen molar-refractivity contribution in [3.05, 3.63) is 76.7 Å². The third kappa shape index (κ3) is 2.47. The Morgan fingerprint density at radius 1 is 1.00 bits per heavy atom. The molecule has 0 aliphatic heterocycles. The highest BCUT2D eigenvalue weighted by Gasteiger charge is 2.10. The Hall–Kier alpha value is -1.86. The number of allylic oxidation sites excluding steroid dienone is 7. The van der Waals surface area contributed by atoms with E-state index in [1.54, 1.807) is 0 Å². The van der Waals surface area contributed by atoms with E-state index in [1.165, 1.54) is 26.1 Å². The van der Waals surface area contributed by atoms with Crippen LogP contribution >= 0.6 is 11.3 Å². The minimum Gasteiger partial charge on any atom is -0.139 e. The number of thiophene rings is 1. The summed E-state index contributed by atoms with van der Waals surface area (Å²) in [6.07, 6.45) is 16.1. The van der Waals surface area contributed by atoms with E-state index in [4.69, 9.17) is 0 Å². The predicted molar refractivity (Wildman–Crippen MR) is 86.6 cm³/mol. The molecule has 0 saturated heterocycles. The molecule has 2 aromatic rings. The molecule has 1 aliphatic rings. The smallest absolute Gasteiger partial charge is 0.0352 e. The standard InChI is InChI=1S/C18H16S/c1-2-14-9-5-3-4-6-10-16-15-11-7-8-12-17(15)19-18(16)13-14/h2-12H,13H2,1H3/b4-3+,9-5-,10-6+,14-2-. The van der Waals surface area contributed by atoms with Gasteiger partial charge in [0.1, 0.15) is 0 Å². The quantitative estimate of drug-likeness (QED) is 0.587. The Kier molecular flexibility index (Phi) is 3.47. The molecule has 0 saturated carbocycles. The fourth-order valence-electron chi connectivity index (χ4n) is 2.33. The number of fused-ring (bicyclic) bond motifs is 3. The molecular weight excluding hydrogens is 248 g/mol. The van der Waals surface area contributed by atoms with Crippen LogP contribution in [0.3, 0.4) is 0 Å². The Morgan fingerprint density at radius 2 is 1.79 bits per heavy atom. The SMILES string of the molecule is C/C=C1/C=C\C=C\C=C\c2c(sc3ccccc23)C1. The van der Waals surface area contributed by atoms with Crippen LogP contribution in [-0.4, -0.2) is 0 Å². The summed E-state index contributed by atoms with van der Waals surface area (Å²) < 4.78 is 1.37. The van der Waals surface area contributed by atoms with E-state index in [-0.39, 0.29) is 0 Å². The Morgan fingerprint density at radius 3 is 2.63 bits per heavy atom. The van der Waals surface area contributed by atoms with E-state index in [9.17, 15) is 0 Å². The van der Waals surface area contributed by atoms with Crippen molar-refractivity contribution in [3.63, 3.8) is 0 Å². The maximum absolute atomic E-state index is 2.23. The van der Waals surface area contributed by atoms with Crippen molar-refractivity contribution >= 4 is 27.5 Å². The third-order valence-electron chi connectivity index (χ3n) is 3.35. The molecule has 0 radical (unpaired) electrons. The van der Waals surface area contributed by atoms with Gasteiger partial charge in [0.25, 0.3) is 0 Å². The summed E-state index contributed by atoms with van der Waals surface area (Å²) in [6, 6.07) is 8.66. The fourth-order valence-corrected chi connectivity index (χ4v) is 3.56. The normalized spacial score (nSPS) is 22.1. The van der Waals surface area contributed by atoms with Crippen LogP contribution in [0.5, 0.6) is 0 Å². The first-order chi connectivity index (χ1) is 9.38. The maximum Gasteiger partial charge on any atom is 0.0352 e. The van der Waals surface area contributed by atoms with E-state index in [0.29, 0.717) is 0 Å². The summed E-state index contributed by atoms with van der Waals surface area (Å²) in [6.45, 7) is 2.11. The van der Waals surface area contributed by atoms with Crippen LogP contribution in [0.2, 0.25) is 0 Å². The molecular formula is C18H16S. The van der Waals surface area contributed by atoms with Gasteiger partial charge in [0, 0.05) is 16.0 Å². The first-order valence-corrected chi connectivity index (χ1v) is 7.37. The van der Waals surface area contributed by atoms with Gasteiger partial charge in [-0.2, -0.15) is 0 Å². The molecule has 1 heteroatoms. The first kappa shape index (κ1) is 12.2. The summed E-state index contributed by atoms with van der Waals surface area (Å²) in [7, 11) is 0. The zero-order valence-corrected chi connectivity index (χ0v) is 11.8. The molecule has 0 fully saturated rings. The van der Waals surface area contributed by atoms with Gasteiger partial charge in [-0.15, -0.1) is 11.3 Å². The second kappa shape index (κ2) is 5.41. The molecule has 1 aliphatic carbocycles. The van der Waals surface area contributed by atoms with Gasteiger partial charge in [0.05, 0.1) is 0 Å². The van der Waals surface area contributed by atoms with Gasteiger partial charge in [-0.3, -0.25) is 0 Å². The number of hydrogen-bond donors (Lipinski definition) is 0. The van der Waals surface area contributed by atoms with Crippen molar-refractivity contribution in [2.75, 3.05) is 0 Å². The van der Waals surface area contributed by atoms with Crippen LogP contribution in [0.25, 0.3) is 16.2 Å². The van der Waals surface area contributed by atoms with Crippen LogP contribution < -0.4 is 0 Å². The summed E-state index contributed by atoms with van der Waals surface area (Å²) in [5, 5.41) is 1.37. The number of hydrogen-bond acceptors (Lipinski definition) is 1. The molecule has 0 spiro atoms. The zero-order valence-electron chi connectivity index (χ0n) is 11.0. The largest absolute Gasteiger partial charge is 0.139 e. The minimum absolute atomic E-state index is 1.01. The Labute approximate surface area is 118 Å². The van der Waals surface area contributed by atoms with Gasteiger partial charge < -0.3 is 0 Å². The van der Waals surface area contributed by atoms with Crippen molar-refractivity contribution in [2.24, 2.45) is 0 Å². The van der Waals surface area contributed by atoms with Crippen molar-refractivity contribution in [3.8, 4) is 0 Å². The van der Waals surface area contributed by atoms with Crippen LogP contribution in [0.1, 0.15) is 17.4 Å². The van der Waals surface area contributed by atoms with Gasteiger partial charge in [-0.1, -0.05) is 60.7 Å². The summed E-state index contributed by atoms with van der Waals surface area (Å²) in [5.74, 6) is 0. The molecule has 19 heavy (non-hydrogen) atoms. The molecule has 1 aromatic heterocycles. The van der Waals surface area contributed by atoms with Crippen LogP contribution in [-0.2, 0) is 6.42 Å². The van der Waals surface area contributed by atoms with Crippen molar-refractivity contribution in [1.82, 2.24) is 0 Å². The third-order valence-corrected chi connectivity index (χ3v) is 4.54. The molecule has 1 heterocycles. The van der Waals surface area contributed by atoms with Crippen LogP contribution in [0.4, 0.5) is 0 Å². The average Bonchev–Trinajstić information content (AvgIpc) is 2.80. The summed E-state index contributed by atoms with van der Waals surface area (Å²) in [5.41, 5.74) is 2.74. The Balaban J connectivity index is 2.20. The lowest BCUT2D eigenvalue weighted by molar-refractivity contribution is 1.23. The van der Waals surface area contributed by atoms with E-state index in [0.717, 1.165) is 6.42 Å². The highest BCUT2D eigenvalue weighted by molar-refractivity contribution is 7.19. The second-order valence-corrected chi connectivity index (χ2v) is 5.72. The van der Waals surface area contributed by atoms with Gasteiger partial charge in [0.2, 0.25) is 0 Å². The first-order valence-electron chi connectivity index (χ1n) is 6.55. The summed E-state index contributed by atoms with van der Waals surface area (Å²) >= 11 is 1.91. The van der Waals surface area contributed by atoms with E-state index >= 15 is 0 Å². The topological polar surface area (TPSA) is 0 Å². The minimum atomic E-state index is 1.01. The molecule has 0 unspecified atom stereocenters. The number of rotatable bonds is 0. The maximum atomic E-state index is 2.23. The second-order valence-electron chi connectivity index (χ2n) is 4.58. The molecule has 0 N–H and O–H groups in total. The van der Waals surface area contributed by atoms with Crippen LogP contribution in [0, 0.1) is 0 Å². The van der Waals surface area contributed by atoms with Gasteiger partial charge in [-0.25, -0.2) is 0 Å². The fraction of sp³-hybridized carbons (Fsp3) is 0.111. The van der Waals surface area contributed by atoms with Gasteiger partial charge in [0.15, 0.2) is 0 Å². The van der Waals surface area contributed by atoms with Crippen molar-refractivity contribution in [2.45, 2.75) is 13.3 Å².